The average Bonchev–Trinajstić information content (AvgIpc) is 3.33. The molecule has 3 aromatic rings. The fourth-order valence-electron chi connectivity index (χ4n) is 3.77. The molecule has 1 fully saturated rings. The number of fused-ring (bicyclic) bond motifs is 1. The molecule has 0 saturated carbocycles. The van der Waals surface area contributed by atoms with Crippen LogP contribution < -0.4 is 16.0 Å². The molecule has 2 aliphatic rings. The number of aromatic nitrogens is 2. The zero-order valence-electron chi connectivity index (χ0n) is 18.5. The number of nitrogens with one attached hydrogen (secondary N) is 2. The molecule has 0 bridgehead atoms. The lowest BCUT2D eigenvalue weighted by Crippen LogP contribution is -2.37. The van der Waals surface area contributed by atoms with Crippen molar-refractivity contribution in [2.75, 3.05) is 36.5 Å². The average molecular weight is 491 g/mol. The second kappa shape index (κ2) is 9.99. The van der Waals surface area contributed by atoms with Gasteiger partial charge in [-0.1, -0.05) is 48.5 Å². The van der Waals surface area contributed by atoms with Crippen LogP contribution in [0.25, 0.3) is 0 Å². The number of ether oxygens (including phenoxy) is 2. The van der Waals surface area contributed by atoms with Crippen LogP contribution in [0.1, 0.15) is 16.8 Å². The SMILES string of the molecule is N=C(O/C(N)=N/C1N=C(c2ccccc2)c2ccccc2NC1=O)c1nsnc1N1CCOCC1. The quantitative estimate of drug-likeness (QED) is 0.373. The van der Waals surface area contributed by atoms with Gasteiger partial charge in [-0.05, 0) is 6.07 Å². The molecule has 2 aromatic carbocycles. The number of rotatable bonds is 4. The fourth-order valence-corrected chi connectivity index (χ4v) is 4.34. The van der Waals surface area contributed by atoms with Crippen LogP contribution in [0.5, 0.6) is 0 Å². The van der Waals surface area contributed by atoms with Gasteiger partial charge in [-0.15, -0.1) is 0 Å². The first-order chi connectivity index (χ1) is 17.1. The molecule has 35 heavy (non-hydrogen) atoms. The van der Waals surface area contributed by atoms with Gasteiger partial charge in [0.1, 0.15) is 0 Å². The number of benzodiazepines with no additional fused rings is 1. The number of aliphatic imine (C=N–C) groups is 2. The molecule has 11 nitrogen and oxygen atoms in total. The lowest BCUT2D eigenvalue weighted by molar-refractivity contribution is -0.117. The number of hydrogen-bond donors (Lipinski definition) is 3. The monoisotopic (exact) mass is 490 g/mol. The Morgan fingerprint density at radius 3 is 2.69 bits per heavy atom. The molecule has 1 unspecified atom stereocenters. The van der Waals surface area contributed by atoms with Gasteiger partial charge >= 0.3 is 0 Å². The Labute approximate surface area is 205 Å². The predicted octanol–water partition coefficient (Wildman–Crippen LogP) is 1.85. The summed E-state index contributed by atoms with van der Waals surface area (Å²) in [5.74, 6) is -0.250. The summed E-state index contributed by atoms with van der Waals surface area (Å²) in [6, 6.07) is 16.5. The van der Waals surface area contributed by atoms with E-state index in [9.17, 15) is 4.79 Å². The standard InChI is InChI=1S/C23H22N8O3S/c24-19(18-21(30-35-29-18)31-10-12-33-13-11-31)34-23(25)28-20-22(32)26-16-9-5-4-8-15(16)17(27-20)14-6-2-1-3-7-14/h1-9,20,24H,10-13H2,(H2,25,28)(H,26,32). The Kier molecular flexibility index (Phi) is 6.46. The van der Waals surface area contributed by atoms with E-state index < -0.39 is 12.1 Å². The smallest absolute Gasteiger partial charge is 0.291 e. The van der Waals surface area contributed by atoms with E-state index in [1.54, 1.807) is 6.07 Å². The van der Waals surface area contributed by atoms with Gasteiger partial charge < -0.3 is 25.4 Å². The molecule has 3 heterocycles. The third kappa shape index (κ3) is 4.88. The minimum Gasteiger partial charge on any atom is -0.405 e. The van der Waals surface area contributed by atoms with Gasteiger partial charge in [0.15, 0.2) is 11.5 Å². The van der Waals surface area contributed by atoms with E-state index in [4.69, 9.17) is 20.6 Å². The molecule has 0 spiro atoms. The maximum Gasteiger partial charge on any atom is 0.291 e. The third-order valence-electron chi connectivity index (χ3n) is 5.43. The van der Waals surface area contributed by atoms with Crippen molar-refractivity contribution in [3.63, 3.8) is 0 Å². The summed E-state index contributed by atoms with van der Waals surface area (Å²) in [7, 11) is 0. The molecule has 0 radical (unpaired) electrons. The van der Waals surface area contributed by atoms with Gasteiger partial charge in [-0.25, -0.2) is 4.99 Å². The van der Waals surface area contributed by atoms with Gasteiger partial charge in [-0.3, -0.25) is 10.2 Å². The number of carbonyl (C=O) groups excluding carboxylic acids is 1. The minimum absolute atomic E-state index is 0.251. The summed E-state index contributed by atoms with van der Waals surface area (Å²) in [6.45, 7) is 2.40. The van der Waals surface area contributed by atoms with Crippen molar-refractivity contribution in [1.82, 2.24) is 8.75 Å². The van der Waals surface area contributed by atoms with Crippen LogP contribution in [0.3, 0.4) is 0 Å². The number of morpholine rings is 1. The normalized spacial score (nSPS) is 18.2. The highest BCUT2D eigenvalue weighted by Gasteiger charge is 2.27. The number of hydrogen-bond acceptors (Lipinski definition) is 10. The largest absolute Gasteiger partial charge is 0.405 e. The Hall–Kier alpha value is -4.16. The van der Waals surface area contributed by atoms with Crippen molar-refractivity contribution in [2.45, 2.75) is 6.17 Å². The van der Waals surface area contributed by atoms with E-state index in [-0.39, 0.29) is 17.6 Å². The summed E-state index contributed by atoms with van der Waals surface area (Å²) in [5.41, 5.74) is 9.06. The summed E-state index contributed by atoms with van der Waals surface area (Å²) in [6.07, 6.45) is -1.21. The van der Waals surface area contributed by atoms with Crippen molar-refractivity contribution in [3.05, 3.63) is 71.4 Å². The summed E-state index contributed by atoms with van der Waals surface area (Å²) < 4.78 is 19.3. The summed E-state index contributed by atoms with van der Waals surface area (Å²) >= 11 is 0.975. The second-order valence-electron chi connectivity index (χ2n) is 7.69. The lowest BCUT2D eigenvalue weighted by Gasteiger charge is -2.27. The van der Waals surface area contributed by atoms with Gasteiger partial charge in [-0.2, -0.15) is 13.7 Å². The molecule has 12 heteroatoms. The van der Waals surface area contributed by atoms with Crippen molar-refractivity contribution in [3.8, 4) is 0 Å². The Bertz CT molecular complexity index is 1300. The van der Waals surface area contributed by atoms with Crippen LogP contribution in [-0.4, -0.2) is 64.8 Å². The minimum atomic E-state index is -1.21. The second-order valence-corrected chi connectivity index (χ2v) is 8.22. The molecule has 2 aliphatic heterocycles. The number of nitrogens with zero attached hydrogens (tertiary/aromatic N) is 5. The number of amides is 1. The number of nitrogens with two attached hydrogens (primary N) is 1. The molecule has 0 aliphatic carbocycles. The van der Waals surface area contributed by atoms with Crippen LogP contribution in [0.4, 0.5) is 11.5 Å². The highest BCUT2D eigenvalue weighted by atomic mass is 32.1. The first-order valence-electron chi connectivity index (χ1n) is 10.9. The molecule has 1 amide bonds. The third-order valence-corrected chi connectivity index (χ3v) is 5.95. The van der Waals surface area contributed by atoms with Crippen LogP contribution in [0.15, 0.2) is 64.6 Å². The molecule has 4 N–H and O–H groups in total. The van der Waals surface area contributed by atoms with E-state index >= 15 is 0 Å². The molecule has 1 saturated heterocycles. The molecule has 5 rings (SSSR count). The first kappa shape index (κ1) is 22.6. The Balaban J connectivity index is 1.41. The molecule has 1 atom stereocenters. The van der Waals surface area contributed by atoms with Gasteiger partial charge in [0, 0.05) is 24.2 Å². The zero-order chi connectivity index (χ0) is 24.2. The van der Waals surface area contributed by atoms with E-state index in [0.29, 0.717) is 43.5 Å². The van der Waals surface area contributed by atoms with Crippen molar-refractivity contribution in [1.29, 1.82) is 5.41 Å². The van der Waals surface area contributed by atoms with Crippen molar-refractivity contribution in [2.24, 2.45) is 15.7 Å². The Morgan fingerprint density at radius 2 is 1.89 bits per heavy atom. The molecule has 178 valence electrons. The van der Waals surface area contributed by atoms with Crippen LogP contribution in [0.2, 0.25) is 0 Å². The maximum atomic E-state index is 12.9. The van der Waals surface area contributed by atoms with Crippen LogP contribution >= 0.6 is 11.7 Å². The van der Waals surface area contributed by atoms with Gasteiger partial charge in [0.25, 0.3) is 11.9 Å². The van der Waals surface area contributed by atoms with Gasteiger partial charge in [0.2, 0.25) is 12.1 Å². The van der Waals surface area contributed by atoms with Crippen LogP contribution in [0, 0.1) is 5.41 Å². The number of carbonyl (C=O) groups is 1. The number of amidine groups is 1. The molecule has 1 aromatic heterocycles. The van der Waals surface area contributed by atoms with E-state index in [2.05, 4.69) is 24.0 Å². The van der Waals surface area contributed by atoms with Crippen LogP contribution in [-0.2, 0) is 14.3 Å². The lowest BCUT2D eigenvalue weighted by atomic mass is 10.0. The number of para-hydroxylation sites is 1. The van der Waals surface area contributed by atoms with Crippen molar-refractivity contribution < 1.29 is 14.3 Å². The summed E-state index contributed by atoms with van der Waals surface area (Å²) in [5, 5.41) is 11.2. The predicted molar refractivity (Wildman–Crippen MR) is 133 cm³/mol. The highest BCUT2D eigenvalue weighted by molar-refractivity contribution is 6.99. The zero-order valence-corrected chi connectivity index (χ0v) is 19.4. The van der Waals surface area contributed by atoms with Gasteiger partial charge in [0.05, 0.1) is 36.3 Å². The fraction of sp³-hybridized carbons (Fsp3) is 0.217. The van der Waals surface area contributed by atoms with E-state index in [1.165, 1.54) is 0 Å². The summed E-state index contributed by atoms with van der Waals surface area (Å²) in [4.78, 5) is 23.7. The topological polar surface area (TPSA) is 151 Å². The molecular weight excluding hydrogens is 468 g/mol. The first-order valence-corrected chi connectivity index (χ1v) is 11.6. The maximum absolute atomic E-state index is 12.9. The molecular formula is C23H22N8O3S. The van der Waals surface area contributed by atoms with E-state index in [0.717, 1.165) is 22.9 Å². The highest BCUT2D eigenvalue weighted by Crippen LogP contribution is 2.25. The number of benzene rings is 2. The van der Waals surface area contributed by atoms with E-state index in [1.807, 2.05) is 53.4 Å². The van der Waals surface area contributed by atoms with Crippen molar-refractivity contribution >= 4 is 46.8 Å². The Morgan fingerprint density at radius 1 is 1.14 bits per heavy atom. The number of anilines is 2.